The fourth-order valence-corrected chi connectivity index (χ4v) is 6.19. The molecular formula is C37H51NO6Si. The molecular weight excluding hydrogens is 582 g/mol. The first-order valence-corrected chi connectivity index (χ1v) is 18.6. The number of ether oxygens (including phenoxy) is 2. The smallest absolute Gasteiger partial charge is 0.407 e. The van der Waals surface area contributed by atoms with Crippen LogP contribution in [0.25, 0.3) is 0 Å². The molecule has 8 heteroatoms. The molecule has 0 spiro atoms. The zero-order valence-electron chi connectivity index (χ0n) is 28.1. The predicted molar refractivity (Wildman–Crippen MR) is 182 cm³/mol. The van der Waals surface area contributed by atoms with Crippen LogP contribution in [-0.4, -0.2) is 43.2 Å². The first-order chi connectivity index (χ1) is 21.0. The number of aliphatic carboxylic acids is 1. The van der Waals surface area contributed by atoms with Crippen LogP contribution in [0, 0.1) is 5.92 Å². The SMILES string of the molecule is CC(C)(C)OC(=O)N[C@@H](Cc1ccccc1OCc1ccccc1)[C@H](C[C@@H](Cc1ccccc1)C(=O)O)O[Si](C)(C)C(C)(C)C. The van der Waals surface area contributed by atoms with E-state index < -0.39 is 44.0 Å². The summed E-state index contributed by atoms with van der Waals surface area (Å²) in [6.07, 6.45) is -0.256. The van der Waals surface area contributed by atoms with Gasteiger partial charge < -0.3 is 24.3 Å². The number of carboxylic acid groups (broad SMARTS) is 1. The van der Waals surface area contributed by atoms with Crippen molar-refractivity contribution in [3.05, 3.63) is 102 Å². The number of nitrogens with one attached hydrogen (secondary N) is 1. The van der Waals surface area contributed by atoms with Gasteiger partial charge in [-0.05, 0) is 80.9 Å². The second-order valence-corrected chi connectivity index (χ2v) is 19.0. The Labute approximate surface area is 270 Å². The molecule has 0 fully saturated rings. The van der Waals surface area contributed by atoms with Crippen LogP contribution in [0.1, 0.15) is 64.7 Å². The van der Waals surface area contributed by atoms with Gasteiger partial charge in [0.05, 0.1) is 18.1 Å². The number of amides is 1. The molecule has 244 valence electrons. The standard InChI is InChI=1S/C37H51NO6Si/c1-36(2,3)43-35(41)38-31(24-29-21-15-16-22-32(29)42-26-28-19-13-10-14-20-28)33(44-45(7,8)37(4,5)6)25-30(34(39)40)23-27-17-11-9-12-18-27/h9-22,30-31,33H,23-26H2,1-8H3,(H,38,41)(H,39,40)/t30-,31+,33+/m1/s1. The Balaban J connectivity index is 2.02. The largest absolute Gasteiger partial charge is 0.489 e. The van der Waals surface area contributed by atoms with Crippen LogP contribution in [0.4, 0.5) is 4.79 Å². The Morgan fingerprint density at radius 2 is 1.36 bits per heavy atom. The highest BCUT2D eigenvalue weighted by Crippen LogP contribution is 2.39. The number of benzene rings is 3. The van der Waals surface area contributed by atoms with Crippen LogP contribution in [0.3, 0.4) is 0 Å². The summed E-state index contributed by atoms with van der Waals surface area (Å²) in [6, 6.07) is 26.7. The van der Waals surface area contributed by atoms with E-state index in [1.807, 2.05) is 106 Å². The van der Waals surface area contributed by atoms with E-state index in [1.54, 1.807) is 0 Å². The van der Waals surface area contributed by atoms with Gasteiger partial charge in [0.1, 0.15) is 18.0 Å². The van der Waals surface area contributed by atoms with Crippen molar-refractivity contribution in [2.45, 2.75) is 103 Å². The first-order valence-electron chi connectivity index (χ1n) is 15.7. The van der Waals surface area contributed by atoms with Crippen LogP contribution < -0.4 is 10.1 Å². The summed E-state index contributed by atoms with van der Waals surface area (Å²) in [6.45, 7) is 16.6. The van der Waals surface area contributed by atoms with Crippen molar-refractivity contribution in [3.63, 3.8) is 0 Å². The Bertz CT molecular complexity index is 1360. The predicted octanol–water partition coefficient (Wildman–Crippen LogP) is 8.43. The Morgan fingerprint density at radius 1 is 0.800 bits per heavy atom. The van der Waals surface area contributed by atoms with Crippen LogP contribution in [0.2, 0.25) is 18.1 Å². The van der Waals surface area contributed by atoms with Crippen LogP contribution >= 0.6 is 0 Å². The Morgan fingerprint density at radius 3 is 1.91 bits per heavy atom. The summed E-state index contributed by atoms with van der Waals surface area (Å²) in [7, 11) is -2.43. The minimum absolute atomic E-state index is 0.142. The lowest BCUT2D eigenvalue weighted by Crippen LogP contribution is -2.54. The molecule has 3 aromatic carbocycles. The van der Waals surface area contributed by atoms with Gasteiger partial charge in [0.15, 0.2) is 8.32 Å². The zero-order valence-corrected chi connectivity index (χ0v) is 29.1. The topological polar surface area (TPSA) is 94.1 Å². The molecule has 0 aromatic heterocycles. The molecule has 3 rings (SSSR count). The second kappa shape index (κ2) is 15.6. The molecule has 0 heterocycles. The number of carboxylic acids is 1. The van der Waals surface area contributed by atoms with Crippen LogP contribution in [0.15, 0.2) is 84.9 Å². The number of hydrogen-bond acceptors (Lipinski definition) is 5. The quantitative estimate of drug-likeness (QED) is 0.173. The molecule has 3 atom stereocenters. The monoisotopic (exact) mass is 633 g/mol. The number of rotatable bonds is 14. The zero-order chi connectivity index (χ0) is 33.3. The number of hydrogen-bond donors (Lipinski definition) is 2. The minimum atomic E-state index is -2.43. The molecule has 3 aromatic rings. The second-order valence-electron chi connectivity index (χ2n) is 14.2. The summed E-state index contributed by atoms with van der Waals surface area (Å²) in [5.41, 5.74) is 2.15. The van der Waals surface area contributed by atoms with Gasteiger partial charge in [0.25, 0.3) is 0 Å². The molecule has 0 saturated heterocycles. The lowest BCUT2D eigenvalue weighted by atomic mass is 9.89. The van der Waals surface area contributed by atoms with Gasteiger partial charge in [-0.25, -0.2) is 4.79 Å². The minimum Gasteiger partial charge on any atom is -0.489 e. The lowest BCUT2D eigenvalue weighted by molar-refractivity contribution is -0.142. The number of carbonyl (C=O) groups excluding carboxylic acids is 1. The average molecular weight is 634 g/mol. The van der Waals surface area contributed by atoms with E-state index in [0.717, 1.165) is 16.7 Å². The van der Waals surface area contributed by atoms with E-state index in [0.29, 0.717) is 25.2 Å². The van der Waals surface area contributed by atoms with E-state index in [2.05, 4.69) is 39.2 Å². The van der Waals surface area contributed by atoms with Crippen LogP contribution in [-0.2, 0) is 33.4 Å². The maximum atomic E-state index is 13.3. The number of alkyl carbamates (subject to hydrolysis) is 1. The van der Waals surface area contributed by atoms with E-state index in [4.69, 9.17) is 13.9 Å². The third-order valence-corrected chi connectivity index (χ3v) is 12.7. The highest BCUT2D eigenvalue weighted by molar-refractivity contribution is 6.74. The molecule has 0 unspecified atom stereocenters. The maximum absolute atomic E-state index is 13.3. The summed E-state index contributed by atoms with van der Waals surface area (Å²) in [5, 5.41) is 13.3. The highest BCUT2D eigenvalue weighted by atomic mass is 28.4. The fraction of sp³-hybridized carbons (Fsp3) is 0.459. The van der Waals surface area contributed by atoms with Gasteiger partial charge in [-0.1, -0.05) is 99.6 Å². The van der Waals surface area contributed by atoms with Gasteiger partial charge in [0.2, 0.25) is 0 Å². The van der Waals surface area contributed by atoms with E-state index in [9.17, 15) is 14.7 Å². The average Bonchev–Trinajstić information content (AvgIpc) is 2.95. The molecule has 0 aliphatic carbocycles. The summed E-state index contributed by atoms with van der Waals surface area (Å²) >= 11 is 0. The maximum Gasteiger partial charge on any atom is 0.407 e. The Hall–Kier alpha value is -3.62. The van der Waals surface area contributed by atoms with Crippen molar-refractivity contribution in [2.75, 3.05) is 0 Å². The van der Waals surface area contributed by atoms with Crippen molar-refractivity contribution in [3.8, 4) is 5.75 Å². The number of para-hydroxylation sites is 1. The molecule has 0 bridgehead atoms. The molecule has 0 aliphatic rings. The molecule has 7 nitrogen and oxygen atoms in total. The third kappa shape index (κ3) is 11.7. The van der Waals surface area contributed by atoms with Crippen molar-refractivity contribution < 1.29 is 28.6 Å². The highest BCUT2D eigenvalue weighted by Gasteiger charge is 2.42. The summed E-state index contributed by atoms with van der Waals surface area (Å²) in [4.78, 5) is 26.0. The Kier molecular flexibility index (Phi) is 12.4. The molecule has 0 aliphatic heterocycles. The van der Waals surface area contributed by atoms with E-state index in [-0.39, 0.29) is 11.5 Å². The molecule has 1 amide bonds. The molecule has 0 saturated carbocycles. The van der Waals surface area contributed by atoms with E-state index >= 15 is 0 Å². The van der Waals surface area contributed by atoms with E-state index in [1.165, 1.54) is 0 Å². The molecule has 2 N–H and O–H groups in total. The van der Waals surface area contributed by atoms with Crippen molar-refractivity contribution >= 4 is 20.4 Å². The summed E-state index contributed by atoms with van der Waals surface area (Å²) < 4.78 is 19.0. The van der Waals surface area contributed by atoms with Crippen molar-refractivity contribution in [1.82, 2.24) is 5.32 Å². The normalized spacial score (nSPS) is 14.2. The van der Waals surface area contributed by atoms with Gasteiger partial charge in [-0.15, -0.1) is 0 Å². The summed E-state index contributed by atoms with van der Waals surface area (Å²) in [5.74, 6) is -0.928. The van der Waals surface area contributed by atoms with Crippen LogP contribution in [0.5, 0.6) is 5.75 Å². The van der Waals surface area contributed by atoms with Crippen molar-refractivity contribution in [2.24, 2.45) is 5.92 Å². The third-order valence-electron chi connectivity index (χ3n) is 8.24. The fourth-order valence-electron chi connectivity index (χ4n) is 4.82. The van der Waals surface area contributed by atoms with Gasteiger partial charge in [-0.2, -0.15) is 0 Å². The first kappa shape index (κ1) is 35.9. The van der Waals surface area contributed by atoms with Gasteiger partial charge >= 0.3 is 12.1 Å². The van der Waals surface area contributed by atoms with Gasteiger partial charge in [-0.3, -0.25) is 4.79 Å². The van der Waals surface area contributed by atoms with Crippen molar-refractivity contribution in [1.29, 1.82) is 0 Å². The molecule has 0 radical (unpaired) electrons. The van der Waals surface area contributed by atoms with Gasteiger partial charge in [0, 0.05) is 0 Å². The molecule has 45 heavy (non-hydrogen) atoms. The number of carbonyl (C=O) groups is 2. The lowest BCUT2D eigenvalue weighted by Gasteiger charge is -2.42.